The van der Waals surface area contributed by atoms with Gasteiger partial charge in [-0.1, -0.05) is 0 Å². The summed E-state index contributed by atoms with van der Waals surface area (Å²) in [4.78, 5) is 6.86. The highest BCUT2D eigenvalue weighted by atomic mass is 16.3. The van der Waals surface area contributed by atoms with Gasteiger partial charge < -0.3 is 14.6 Å². The average Bonchev–Trinajstić information content (AvgIpc) is 3.02. The average molecular weight is 229 g/mol. The molecule has 0 radical (unpaired) electrons. The van der Waals surface area contributed by atoms with Crippen molar-refractivity contribution in [1.29, 1.82) is 0 Å². The molecule has 2 unspecified atom stereocenters. The van der Waals surface area contributed by atoms with Crippen LogP contribution in [0, 0.1) is 11.8 Å². The van der Waals surface area contributed by atoms with Crippen LogP contribution in [-0.4, -0.2) is 31.2 Å². The molecule has 0 bridgehead atoms. The molecule has 17 heavy (non-hydrogen) atoms. The van der Waals surface area contributed by atoms with Crippen LogP contribution in [0.1, 0.15) is 0 Å². The van der Waals surface area contributed by atoms with Gasteiger partial charge in [0, 0.05) is 38.3 Å². The van der Waals surface area contributed by atoms with Gasteiger partial charge in [0.25, 0.3) is 0 Å². The maximum absolute atomic E-state index is 5.41. The Balaban J connectivity index is 1.66. The maximum atomic E-state index is 5.41. The molecular formula is C13H15N3O. The number of aromatic nitrogens is 1. The first kappa shape index (κ1) is 9.48. The lowest BCUT2D eigenvalue weighted by molar-refractivity contribution is 0.533. The van der Waals surface area contributed by atoms with Gasteiger partial charge in [0.2, 0.25) is 0 Å². The van der Waals surface area contributed by atoms with E-state index in [0.717, 1.165) is 49.1 Å². The van der Waals surface area contributed by atoms with Crippen LogP contribution in [0.4, 0.5) is 5.69 Å². The zero-order valence-corrected chi connectivity index (χ0v) is 9.60. The Labute approximate surface area is 99.6 Å². The van der Waals surface area contributed by atoms with Gasteiger partial charge in [0.15, 0.2) is 5.58 Å². The number of furan rings is 1. The second kappa shape index (κ2) is 3.47. The third-order valence-corrected chi connectivity index (χ3v) is 4.04. The fourth-order valence-electron chi connectivity index (χ4n) is 3.08. The SMILES string of the molecule is c1cc2ncc(N3CC4CNCC4C3)cc2o1. The van der Waals surface area contributed by atoms with E-state index < -0.39 is 0 Å². The van der Waals surface area contributed by atoms with Gasteiger partial charge in [0.1, 0.15) is 5.52 Å². The van der Waals surface area contributed by atoms with Crippen LogP contribution in [-0.2, 0) is 0 Å². The van der Waals surface area contributed by atoms with E-state index in [1.165, 1.54) is 5.69 Å². The molecule has 2 aromatic heterocycles. The minimum absolute atomic E-state index is 0.808. The van der Waals surface area contributed by atoms with E-state index in [4.69, 9.17) is 4.42 Å². The van der Waals surface area contributed by atoms with Crippen LogP contribution in [0.25, 0.3) is 11.1 Å². The number of anilines is 1. The Kier molecular flexibility index (Phi) is 1.93. The van der Waals surface area contributed by atoms with E-state index in [1.54, 1.807) is 6.26 Å². The molecule has 0 aliphatic carbocycles. The molecule has 2 fully saturated rings. The number of nitrogens with one attached hydrogen (secondary N) is 1. The van der Waals surface area contributed by atoms with Gasteiger partial charge in [-0.2, -0.15) is 0 Å². The predicted molar refractivity (Wildman–Crippen MR) is 66.1 cm³/mol. The third-order valence-electron chi connectivity index (χ3n) is 4.04. The standard InChI is InChI=1S/C13H15N3O/c1-2-17-13-3-11(6-15-12(1)13)16-7-9-4-14-5-10(9)8-16/h1-3,6,9-10,14H,4-5,7-8H2. The highest BCUT2D eigenvalue weighted by Crippen LogP contribution is 2.31. The molecule has 4 rings (SSSR count). The Morgan fingerprint density at radius 2 is 2.12 bits per heavy atom. The van der Waals surface area contributed by atoms with Gasteiger partial charge in [-0.3, -0.25) is 4.98 Å². The zero-order chi connectivity index (χ0) is 11.2. The van der Waals surface area contributed by atoms with E-state index in [9.17, 15) is 0 Å². The first-order valence-electron chi connectivity index (χ1n) is 6.19. The molecule has 0 saturated carbocycles. The number of fused-ring (bicyclic) bond motifs is 2. The van der Waals surface area contributed by atoms with Crippen molar-refractivity contribution in [3.05, 3.63) is 24.6 Å². The molecule has 2 aliphatic rings. The second-order valence-corrected chi connectivity index (χ2v) is 5.08. The molecule has 88 valence electrons. The van der Waals surface area contributed by atoms with Crippen molar-refractivity contribution < 1.29 is 4.42 Å². The lowest BCUT2D eigenvalue weighted by Crippen LogP contribution is -2.25. The van der Waals surface area contributed by atoms with Gasteiger partial charge in [-0.25, -0.2) is 0 Å². The first-order chi connectivity index (χ1) is 8.40. The van der Waals surface area contributed by atoms with Crippen LogP contribution in [0.15, 0.2) is 29.0 Å². The van der Waals surface area contributed by atoms with Gasteiger partial charge in [0.05, 0.1) is 18.1 Å². The maximum Gasteiger partial charge on any atom is 0.154 e. The number of hydrogen-bond donors (Lipinski definition) is 1. The first-order valence-corrected chi connectivity index (χ1v) is 6.19. The van der Waals surface area contributed by atoms with Gasteiger partial charge >= 0.3 is 0 Å². The normalized spacial score (nSPS) is 27.9. The summed E-state index contributed by atoms with van der Waals surface area (Å²) in [6.07, 6.45) is 3.66. The molecule has 4 heterocycles. The fourth-order valence-corrected chi connectivity index (χ4v) is 3.08. The summed E-state index contributed by atoms with van der Waals surface area (Å²) < 4.78 is 5.41. The third kappa shape index (κ3) is 1.44. The Bertz CT molecular complexity index is 538. The molecule has 2 aromatic rings. The van der Waals surface area contributed by atoms with E-state index in [2.05, 4.69) is 21.3 Å². The summed E-state index contributed by atoms with van der Waals surface area (Å²) in [6, 6.07) is 4.01. The summed E-state index contributed by atoms with van der Waals surface area (Å²) in [5.74, 6) is 1.62. The van der Waals surface area contributed by atoms with Crippen molar-refractivity contribution in [2.75, 3.05) is 31.1 Å². The Morgan fingerprint density at radius 3 is 2.94 bits per heavy atom. The molecule has 2 atom stereocenters. The number of rotatable bonds is 1. The monoisotopic (exact) mass is 229 g/mol. The summed E-state index contributed by atoms with van der Waals surface area (Å²) in [7, 11) is 0. The summed E-state index contributed by atoms with van der Waals surface area (Å²) in [5, 5.41) is 3.46. The van der Waals surface area contributed by atoms with Crippen LogP contribution in [0.5, 0.6) is 0 Å². The van der Waals surface area contributed by atoms with Crippen LogP contribution in [0.3, 0.4) is 0 Å². The van der Waals surface area contributed by atoms with Crippen molar-refractivity contribution in [1.82, 2.24) is 10.3 Å². The second-order valence-electron chi connectivity index (χ2n) is 5.08. The van der Waals surface area contributed by atoms with E-state index in [1.807, 2.05) is 12.3 Å². The van der Waals surface area contributed by atoms with Crippen LogP contribution in [0.2, 0.25) is 0 Å². The van der Waals surface area contributed by atoms with Crippen LogP contribution >= 0.6 is 0 Å². The lowest BCUT2D eigenvalue weighted by Gasteiger charge is -2.18. The quantitative estimate of drug-likeness (QED) is 0.804. The summed E-state index contributed by atoms with van der Waals surface area (Å²) in [5.41, 5.74) is 3.02. The molecule has 0 aromatic carbocycles. The summed E-state index contributed by atoms with van der Waals surface area (Å²) >= 11 is 0. The fraction of sp³-hybridized carbons (Fsp3) is 0.462. The van der Waals surface area contributed by atoms with Crippen molar-refractivity contribution in [2.45, 2.75) is 0 Å². The molecule has 2 aliphatic heterocycles. The summed E-state index contributed by atoms with van der Waals surface area (Å²) in [6.45, 7) is 4.62. The van der Waals surface area contributed by atoms with Gasteiger partial charge in [-0.15, -0.1) is 0 Å². The highest BCUT2D eigenvalue weighted by Gasteiger charge is 2.36. The Hall–Kier alpha value is -1.55. The molecule has 0 spiro atoms. The molecule has 4 nitrogen and oxygen atoms in total. The van der Waals surface area contributed by atoms with E-state index in [0.29, 0.717) is 0 Å². The van der Waals surface area contributed by atoms with Crippen LogP contribution < -0.4 is 10.2 Å². The molecule has 0 amide bonds. The van der Waals surface area contributed by atoms with Crippen molar-refractivity contribution >= 4 is 16.8 Å². The topological polar surface area (TPSA) is 41.3 Å². The zero-order valence-electron chi connectivity index (χ0n) is 9.60. The van der Waals surface area contributed by atoms with Crippen molar-refractivity contribution in [2.24, 2.45) is 11.8 Å². The number of nitrogens with zero attached hydrogens (tertiary/aromatic N) is 2. The molecule has 1 N–H and O–H groups in total. The van der Waals surface area contributed by atoms with Gasteiger partial charge in [-0.05, 0) is 11.8 Å². The minimum atomic E-state index is 0.808. The lowest BCUT2D eigenvalue weighted by atomic mass is 10.0. The molecule has 2 saturated heterocycles. The van der Waals surface area contributed by atoms with E-state index >= 15 is 0 Å². The number of pyridine rings is 1. The largest absolute Gasteiger partial charge is 0.463 e. The minimum Gasteiger partial charge on any atom is -0.463 e. The van der Waals surface area contributed by atoms with E-state index in [-0.39, 0.29) is 0 Å². The predicted octanol–water partition coefficient (Wildman–Crippen LogP) is 1.48. The molecular weight excluding hydrogens is 214 g/mol. The number of hydrogen-bond acceptors (Lipinski definition) is 4. The smallest absolute Gasteiger partial charge is 0.154 e. The Morgan fingerprint density at radius 1 is 1.29 bits per heavy atom. The van der Waals surface area contributed by atoms with Crippen molar-refractivity contribution in [3.63, 3.8) is 0 Å². The molecule has 4 heteroatoms. The highest BCUT2D eigenvalue weighted by molar-refractivity contribution is 5.76. The van der Waals surface area contributed by atoms with Crippen molar-refractivity contribution in [3.8, 4) is 0 Å².